The largest absolute Gasteiger partial charge is 0.481 e. The molecule has 1 aromatic heterocycles. The number of carbonyl (C=O) groups is 2. The van der Waals surface area contributed by atoms with Crippen LogP contribution in [-0.4, -0.2) is 26.9 Å². The maximum Gasteiger partial charge on any atom is 0.323 e. The topological polar surface area (TPSA) is 96.2 Å². The van der Waals surface area contributed by atoms with E-state index in [2.05, 4.69) is 15.7 Å². The lowest BCUT2D eigenvalue weighted by Crippen LogP contribution is -2.19. The molecule has 0 atom stereocenters. The number of carboxylic acids is 1. The van der Waals surface area contributed by atoms with E-state index in [4.69, 9.17) is 5.11 Å². The number of benzene rings is 1. The summed E-state index contributed by atoms with van der Waals surface area (Å²) in [7, 11) is 0. The van der Waals surface area contributed by atoms with Crippen LogP contribution in [0.3, 0.4) is 0 Å². The fourth-order valence-corrected chi connectivity index (χ4v) is 1.83. The Bertz CT molecular complexity index is 651. The predicted octanol–water partition coefficient (Wildman–Crippen LogP) is 2.17. The van der Waals surface area contributed by atoms with Crippen molar-refractivity contribution in [3.8, 4) is 0 Å². The van der Waals surface area contributed by atoms with E-state index >= 15 is 0 Å². The summed E-state index contributed by atoms with van der Waals surface area (Å²) in [5, 5.41) is 18.1. The molecule has 21 heavy (non-hydrogen) atoms. The number of carbonyl (C=O) groups excluding carboxylic acids is 1. The summed E-state index contributed by atoms with van der Waals surface area (Å²) in [5.41, 5.74) is 1.75. The average molecular weight is 288 g/mol. The molecule has 0 fully saturated rings. The van der Waals surface area contributed by atoms with Crippen LogP contribution in [0.2, 0.25) is 0 Å². The highest BCUT2D eigenvalue weighted by atomic mass is 16.4. The highest BCUT2D eigenvalue weighted by molar-refractivity contribution is 5.99. The first-order valence-corrected chi connectivity index (χ1v) is 6.48. The van der Waals surface area contributed by atoms with Crippen LogP contribution in [0, 0.1) is 0 Å². The number of carboxylic acid groups (broad SMARTS) is 1. The van der Waals surface area contributed by atoms with Gasteiger partial charge in [-0.2, -0.15) is 5.10 Å². The van der Waals surface area contributed by atoms with E-state index in [1.165, 1.54) is 0 Å². The SMILES string of the molecule is CCn1cc(NC(=O)Nc2cccc(CC(=O)O)c2)cn1. The number of nitrogens with zero attached hydrogens (tertiary/aromatic N) is 2. The maximum atomic E-state index is 11.8. The molecule has 3 N–H and O–H groups in total. The van der Waals surface area contributed by atoms with Gasteiger partial charge in [0.25, 0.3) is 0 Å². The summed E-state index contributed by atoms with van der Waals surface area (Å²) >= 11 is 0. The number of amides is 2. The quantitative estimate of drug-likeness (QED) is 0.785. The van der Waals surface area contributed by atoms with E-state index in [9.17, 15) is 9.59 Å². The fourth-order valence-electron chi connectivity index (χ4n) is 1.83. The summed E-state index contributed by atoms with van der Waals surface area (Å²) in [6, 6.07) is 6.31. The first-order valence-electron chi connectivity index (χ1n) is 6.48. The van der Waals surface area contributed by atoms with Crippen molar-refractivity contribution in [1.29, 1.82) is 0 Å². The zero-order valence-corrected chi connectivity index (χ0v) is 11.5. The Balaban J connectivity index is 1.97. The van der Waals surface area contributed by atoms with Gasteiger partial charge in [0.1, 0.15) is 0 Å². The highest BCUT2D eigenvalue weighted by Gasteiger charge is 2.06. The molecule has 0 aliphatic rings. The van der Waals surface area contributed by atoms with Crippen molar-refractivity contribution < 1.29 is 14.7 Å². The predicted molar refractivity (Wildman–Crippen MR) is 78.3 cm³/mol. The van der Waals surface area contributed by atoms with E-state index < -0.39 is 12.0 Å². The summed E-state index contributed by atoms with van der Waals surface area (Å²) in [6.45, 7) is 2.67. The van der Waals surface area contributed by atoms with Crippen molar-refractivity contribution in [2.45, 2.75) is 19.9 Å². The number of hydrogen-bond acceptors (Lipinski definition) is 3. The van der Waals surface area contributed by atoms with Crippen molar-refractivity contribution in [3.05, 3.63) is 42.2 Å². The zero-order valence-electron chi connectivity index (χ0n) is 11.5. The second-order valence-electron chi connectivity index (χ2n) is 4.43. The zero-order chi connectivity index (χ0) is 15.2. The van der Waals surface area contributed by atoms with Gasteiger partial charge in [0.15, 0.2) is 0 Å². The highest BCUT2D eigenvalue weighted by Crippen LogP contribution is 2.12. The Kier molecular flexibility index (Phi) is 4.55. The lowest BCUT2D eigenvalue weighted by molar-refractivity contribution is -0.136. The molecule has 0 unspecified atom stereocenters. The van der Waals surface area contributed by atoms with Gasteiger partial charge in [0, 0.05) is 18.4 Å². The number of hydrogen-bond donors (Lipinski definition) is 3. The molecule has 7 heteroatoms. The van der Waals surface area contributed by atoms with Gasteiger partial charge in [0.05, 0.1) is 18.3 Å². The van der Waals surface area contributed by atoms with Crippen LogP contribution in [0.1, 0.15) is 12.5 Å². The summed E-state index contributed by atoms with van der Waals surface area (Å²) < 4.78 is 1.70. The van der Waals surface area contributed by atoms with Gasteiger partial charge in [-0.05, 0) is 24.6 Å². The molecule has 2 aromatic rings. The molecule has 0 spiro atoms. The molecule has 0 aliphatic heterocycles. The Morgan fingerprint density at radius 2 is 2.05 bits per heavy atom. The van der Waals surface area contributed by atoms with Gasteiger partial charge in [-0.25, -0.2) is 4.79 Å². The number of nitrogens with one attached hydrogen (secondary N) is 2. The third kappa shape index (κ3) is 4.34. The summed E-state index contributed by atoms with van der Waals surface area (Å²) in [5.74, 6) is -0.913. The third-order valence-corrected chi connectivity index (χ3v) is 2.76. The summed E-state index contributed by atoms with van der Waals surface area (Å²) in [6.07, 6.45) is 3.20. The molecule has 0 bridgehead atoms. The number of rotatable bonds is 5. The second kappa shape index (κ2) is 6.56. The fraction of sp³-hybridized carbons (Fsp3) is 0.214. The van der Waals surface area contributed by atoms with Gasteiger partial charge in [-0.3, -0.25) is 9.48 Å². The van der Waals surface area contributed by atoms with Crippen LogP contribution in [0.15, 0.2) is 36.7 Å². The molecule has 0 radical (unpaired) electrons. The van der Waals surface area contributed by atoms with E-state index in [1.54, 1.807) is 41.3 Å². The van der Waals surface area contributed by atoms with E-state index in [0.29, 0.717) is 16.9 Å². The molecule has 2 rings (SSSR count). The van der Waals surface area contributed by atoms with Crippen LogP contribution >= 0.6 is 0 Å². The molecule has 110 valence electrons. The molecule has 1 aromatic carbocycles. The van der Waals surface area contributed by atoms with Gasteiger partial charge < -0.3 is 15.7 Å². The maximum absolute atomic E-state index is 11.8. The van der Waals surface area contributed by atoms with Crippen LogP contribution < -0.4 is 10.6 Å². The number of aliphatic carboxylic acids is 1. The lowest BCUT2D eigenvalue weighted by atomic mass is 10.1. The van der Waals surface area contributed by atoms with Crippen molar-refractivity contribution in [3.63, 3.8) is 0 Å². The van der Waals surface area contributed by atoms with Gasteiger partial charge in [0.2, 0.25) is 0 Å². The molecule has 0 saturated heterocycles. The Hall–Kier alpha value is -2.83. The van der Waals surface area contributed by atoms with Crippen molar-refractivity contribution in [2.24, 2.45) is 0 Å². The van der Waals surface area contributed by atoms with Gasteiger partial charge >= 0.3 is 12.0 Å². The minimum absolute atomic E-state index is 0.0829. The molecule has 1 heterocycles. The normalized spacial score (nSPS) is 10.1. The molecular weight excluding hydrogens is 272 g/mol. The standard InChI is InChI=1S/C14H16N4O3/c1-2-18-9-12(8-15-18)17-14(21)16-11-5-3-4-10(6-11)7-13(19)20/h3-6,8-9H,2,7H2,1H3,(H,19,20)(H2,16,17,21). The molecule has 7 nitrogen and oxygen atoms in total. The average Bonchev–Trinajstić information content (AvgIpc) is 2.85. The second-order valence-corrected chi connectivity index (χ2v) is 4.43. The van der Waals surface area contributed by atoms with Crippen molar-refractivity contribution >= 4 is 23.4 Å². The Morgan fingerprint density at radius 1 is 1.29 bits per heavy atom. The van der Waals surface area contributed by atoms with Crippen LogP contribution in [-0.2, 0) is 17.8 Å². The minimum atomic E-state index is -0.913. The monoisotopic (exact) mass is 288 g/mol. The van der Waals surface area contributed by atoms with E-state index in [0.717, 1.165) is 6.54 Å². The van der Waals surface area contributed by atoms with E-state index in [1.807, 2.05) is 6.92 Å². The van der Waals surface area contributed by atoms with Crippen LogP contribution in [0.4, 0.5) is 16.2 Å². The van der Waals surface area contributed by atoms with Crippen LogP contribution in [0.25, 0.3) is 0 Å². The first kappa shape index (κ1) is 14.6. The first-order chi connectivity index (χ1) is 10.1. The van der Waals surface area contributed by atoms with Gasteiger partial charge in [-0.15, -0.1) is 0 Å². The van der Waals surface area contributed by atoms with Gasteiger partial charge in [-0.1, -0.05) is 12.1 Å². The Labute approximate surface area is 121 Å². The third-order valence-electron chi connectivity index (χ3n) is 2.76. The lowest BCUT2D eigenvalue weighted by Gasteiger charge is -2.07. The smallest absolute Gasteiger partial charge is 0.323 e. The minimum Gasteiger partial charge on any atom is -0.481 e. The molecular formula is C14H16N4O3. The Morgan fingerprint density at radius 3 is 2.71 bits per heavy atom. The van der Waals surface area contributed by atoms with E-state index in [-0.39, 0.29) is 6.42 Å². The molecule has 2 amide bonds. The van der Waals surface area contributed by atoms with Crippen LogP contribution in [0.5, 0.6) is 0 Å². The molecule has 0 aliphatic carbocycles. The number of aromatic nitrogens is 2. The van der Waals surface area contributed by atoms with Crippen molar-refractivity contribution in [2.75, 3.05) is 10.6 Å². The van der Waals surface area contributed by atoms with Crippen molar-refractivity contribution in [1.82, 2.24) is 9.78 Å². The summed E-state index contributed by atoms with van der Waals surface area (Å²) in [4.78, 5) is 22.5. The number of aryl methyl sites for hydroxylation is 1. The number of urea groups is 1. The molecule has 0 saturated carbocycles. The number of anilines is 2.